The number of halogens is 4. The number of amides is 1. The normalized spacial score (nSPS) is 25.1. The molecular weight excluding hydrogens is 773 g/mol. The van der Waals surface area contributed by atoms with E-state index in [9.17, 15) is 15.2 Å². The minimum absolute atomic E-state index is 0.00278. The lowest BCUT2D eigenvalue weighted by atomic mass is 9.79. The van der Waals surface area contributed by atoms with E-state index in [0.29, 0.717) is 39.5 Å². The third kappa shape index (κ3) is 6.03. The van der Waals surface area contributed by atoms with Gasteiger partial charge in [-0.25, -0.2) is 18.7 Å². The molecule has 5 aromatic rings. The number of likely N-dealkylation sites (tertiary alicyclic amines) is 1. The number of aliphatic hydroxyl groups is 1. The van der Waals surface area contributed by atoms with Gasteiger partial charge in [-0.1, -0.05) is 42.3 Å². The zero-order valence-corrected chi connectivity index (χ0v) is 33.5. The summed E-state index contributed by atoms with van der Waals surface area (Å²) in [6.45, 7) is 6.32. The van der Waals surface area contributed by atoms with Crippen LogP contribution in [0.25, 0.3) is 32.9 Å². The highest BCUT2D eigenvalue weighted by Gasteiger charge is 2.56. The molecule has 57 heavy (non-hydrogen) atoms. The Balaban J connectivity index is 1.30. The number of pyridine rings is 2. The molecule has 10 nitrogen and oxygen atoms in total. The highest BCUT2D eigenvalue weighted by atomic mass is 35.5. The molecule has 6 heterocycles. The zero-order valence-electron chi connectivity index (χ0n) is 32.0. The van der Waals surface area contributed by atoms with Crippen molar-refractivity contribution in [2.75, 3.05) is 13.7 Å². The Kier molecular flexibility index (Phi) is 9.39. The number of ether oxygens (including phenoxy) is 2. The fourth-order valence-electron chi connectivity index (χ4n) is 9.50. The van der Waals surface area contributed by atoms with E-state index in [1.165, 1.54) is 13.2 Å². The summed E-state index contributed by atoms with van der Waals surface area (Å²) in [5, 5.41) is 26.3. The molecule has 3 aromatic heterocycles. The number of carbonyl (C=O) groups is 1. The smallest absolute Gasteiger partial charge is 0.229 e. The molecular formula is C43H42Cl2F2N6O4. The van der Waals surface area contributed by atoms with Gasteiger partial charge in [0.2, 0.25) is 11.8 Å². The SMILES string of the molecule is COc1cc(O[C@H]2C[C@H](c3cc4c([C@@H](C)O)nc5c(F)c(-c6cccc(Cl)c6Cl)c(CCC#N)cc5c4n3[C@H]3[C@H]4CN[C@@H]3C4)N(C(=O)C3(C)CC3)[C@@H]2C)c(F)cn1. The molecule has 5 fully saturated rings. The maximum Gasteiger partial charge on any atom is 0.229 e. The van der Waals surface area contributed by atoms with Gasteiger partial charge in [0.05, 0.1) is 64.9 Å². The molecule has 2 bridgehead atoms. The van der Waals surface area contributed by atoms with Crippen molar-refractivity contribution in [2.24, 2.45) is 11.3 Å². The lowest BCUT2D eigenvalue weighted by Crippen LogP contribution is -2.44. The summed E-state index contributed by atoms with van der Waals surface area (Å²) in [5.41, 5.74) is 2.48. The van der Waals surface area contributed by atoms with Crippen LogP contribution in [0.2, 0.25) is 10.0 Å². The van der Waals surface area contributed by atoms with E-state index in [0.717, 1.165) is 37.7 Å². The van der Waals surface area contributed by atoms with Crippen molar-refractivity contribution in [2.45, 2.75) is 95.7 Å². The van der Waals surface area contributed by atoms with Crippen molar-refractivity contribution in [1.29, 1.82) is 5.26 Å². The van der Waals surface area contributed by atoms with Crippen LogP contribution in [0.3, 0.4) is 0 Å². The molecule has 3 saturated heterocycles. The standard InChI is InChI=1S/C43H42Cl2F2N6O4/c1-20-32(57-33-17-34(56-4)50-19-28(33)46)16-31(52(20)42(55)43(3)10-11-43)30-15-26-38(21(2)54)51-39-25(41(26)53(30)40-23-14-29(40)49-18-23)13-22(7-6-12-48)35(37(39)47)24-8-5-9-27(44)36(24)45/h5,8-9,13,15,17,19-21,23,29,31-32,40,49,54H,6-7,10-11,14,16,18H2,1-4H3/t20-,21-,23-,29-,31-,32+,40+/m1/s1. The average Bonchev–Trinajstić information content (AvgIpc) is 3.56. The number of nitrogens with one attached hydrogen (secondary N) is 1. The lowest BCUT2D eigenvalue weighted by Gasteiger charge is -2.40. The maximum atomic E-state index is 17.5. The first kappa shape index (κ1) is 38.0. The summed E-state index contributed by atoms with van der Waals surface area (Å²) >= 11 is 13.1. The Hall–Kier alpha value is -4.54. The van der Waals surface area contributed by atoms with Crippen LogP contribution in [0.5, 0.6) is 11.6 Å². The molecule has 0 radical (unpaired) electrons. The molecule has 2 saturated carbocycles. The third-order valence-corrected chi connectivity index (χ3v) is 13.6. The van der Waals surface area contributed by atoms with Crippen LogP contribution in [0.4, 0.5) is 8.78 Å². The number of aliphatic hydroxyl groups excluding tert-OH is 1. The Morgan fingerprint density at radius 2 is 1.98 bits per heavy atom. The summed E-state index contributed by atoms with van der Waals surface area (Å²) < 4.78 is 46.6. The monoisotopic (exact) mass is 814 g/mol. The van der Waals surface area contributed by atoms with Crippen LogP contribution in [0, 0.1) is 34.3 Å². The minimum atomic E-state index is -1.08. The zero-order chi connectivity index (χ0) is 40.1. The number of methoxy groups -OCH3 is 1. The van der Waals surface area contributed by atoms with Crippen molar-refractivity contribution >= 4 is 50.9 Å². The van der Waals surface area contributed by atoms with Crippen LogP contribution < -0.4 is 14.8 Å². The van der Waals surface area contributed by atoms with Crippen molar-refractivity contribution in [3.8, 4) is 28.8 Å². The minimum Gasteiger partial charge on any atom is -0.485 e. The summed E-state index contributed by atoms with van der Waals surface area (Å²) in [6, 6.07) is 11.7. The Bertz CT molecular complexity index is 2500. The Morgan fingerprint density at radius 3 is 2.65 bits per heavy atom. The van der Waals surface area contributed by atoms with E-state index >= 15 is 8.78 Å². The number of benzene rings is 2. The van der Waals surface area contributed by atoms with Crippen LogP contribution in [0.1, 0.15) is 88.0 Å². The van der Waals surface area contributed by atoms with E-state index in [-0.39, 0.29) is 69.5 Å². The van der Waals surface area contributed by atoms with Gasteiger partial charge in [0.1, 0.15) is 11.6 Å². The average molecular weight is 816 g/mol. The van der Waals surface area contributed by atoms with Gasteiger partial charge >= 0.3 is 0 Å². The van der Waals surface area contributed by atoms with E-state index in [4.69, 9.17) is 37.7 Å². The number of aromatic nitrogens is 3. The van der Waals surface area contributed by atoms with Gasteiger partial charge in [-0.3, -0.25) is 4.79 Å². The maximum absolute atomic E-state index is 17.5. The van der Waals surface area contributed by atoms with Crippen molar-refractivity contribution in [1.82, 2.24) is 24.8 Å². The van der Waals surface area contributed by atoms with Gasteiger partial charge in [0, 0.05) is 64.5 Å². The molecule has 2 aliphatic carbocycles. The van der Waals surface area contributed by atoms with E-state index in [1.54, 1.807) is 25.1 Å². The number of aryl methyl sites for hydroxylation is 1. The molecule has 10 rings (SSSR count). The van der Waals surface area contributed by atoms with Crippen LogP contribution in [-0.4, -0.2) is 62.3 Å². The fraction of sp³-hybridized carbons (Fsp3) is 0.442. The number of hydrogen-bond acceptors (Lipinski definition) is 8. The fourth-order valence-corrected chi connectivity index (χ4v) is 9.89. The number of nitriles is 1. The predicted molar refractivity (Wildman–Crippen MR) is 212 cm³/mol. The highest BCUT2D eigenvalue weighted by molar-refractivity contribution is 6.43. The number of rotatable bonds is 10. The largest absolute Gasteiger partial charge is 0.485 e. The van der Waals surface area contributed by atoms with Crippen LogP contribution >= 0.6 is 23.2 Å². The van der Waals surface area contributed by atoms with Gasteiger partial charge in [-0.05, 0) is 69.2 Å². The van der Waals surface area contributed by atoms with Gasteiger partial charge in [0.25, 0.3) is 0 Å². The van der Waals surface area contributed by atoms with Crippen molar-refractivity contribution in [3.63, 3.8) is 0 Å². The first-order valence-corrected chi connectivity index (χ1v) is 20.2. The first-order valence-electron chi connectivity index (χ1n) is 19.5. The van der Waals surface area contributed by atoms with Crippen molar-refractivity contribution in [3.05, 3.63) is 81.2 Å². The topological polar surface area (TPSA) is 126 Å². The first-order chi connectivity index (χ1) is 27.3. The lowest BCUT2D eigenvalue weighted by molar-refractivity contribution is -0.140. The van der Waals surface area contributed by atoms with Crippen LogP contribution in [-0.2, 0) is 11.2 Å². The number of fused-ring (bicyclic) bond motifs is 4. The van der Waals surface area contributed by atoms with Gasteiger partial charge in [-0.2, -0.15) is 5.26 Å². The summed E-state index contributed by atoms with van der Waals surface area (Å²) in [4.78, 5) is 25.3. The molecule has 3 aliphatic heterocycles. The number of carbonyl (C=O) groups excluding carboxylic acids is 1. The molecule has 2 N–H and O–H groups in total. The molecule has 296 valence electrons. The molecule has 0 unspecified atom stereocenters. The van der Waals surface area contributed by atoms with Crippen molar-refractivity contribution < 1.29 is 28.2 Å². The second kappa shape index (κ2) is 14.1. The molecule has 7 atom stereocenters. The number of hydrogen-bond donors (Lipinski definition) is 2. The summed E-state index contributed by atoms with van der Waals surface area (Å²) in [5.74, 6) is -0.826. The predicted octanol–water partition coefficient (Wildman–Crippen LogP) is 8.80. The van der Waals surface area contributed by atoms with Crippen LogP contribution in [0.15, 0.2) is 42.6 Å². The van der Waals surface area contributed by atoms with E-state index < -0.39 is 41.3 Å². The molecule has 2 aromatic carbocycles. The van der Waals surface area contributed by atoms with Gasteiger partial charge in [-0.15, -0.1) is 0 Å². The second-order valence-corrected chi connectivity index (χ2v) is 17.1. The molecule has 5 aliphatic rings. The van der Waals surface area contributed by atoms with E-state index in [2.05, 4.69) is 20.9 Å². The Labute approximate surface area is 338 Å². The quantitative estimate of drug-likeness (QED) is 0.143. The van der Waals surface area contributed by atoms with Gasteiger partial charge in [0.15, 0.2) is 17.4 Å². The van der Waals surface area contributed by atoms with Gasteiger partial charge < -0.3 is 29.4 Å². The Morgan fingerprint density at radius 1 is 1.19 bits per heavy atom. The molecule has 0 spiro atoms. The molecule has 1 amide bonds. The highest BCUT2D eigenvalue weighted by Crippen LogP contribution is 2.54. The third-order valence-electron chi connectivity index (χ3n) is 12.8. The molecule has 14 heteroatoms. The van der Waals surface area contributed by atoms with E-state index in [1.807, 2.05) is 30.9 Å². The summed E-state index contributed by atoms with van der Waals surface area (Å²) in [7, 11) is 1.45. The second-order valence-electron chi connectivity index (χ2n) is 16.3. The summed E-state index contributed by atoms with van der Waals surface area (Å²) in [6.07, 6.45) is 2.56. The number of nitrogens with zero attached hydrogens (tertiary/aromatic N) is 5.